The predicted molar refractivity (Wildman–Crippen MR) is 47.1 cm³/mol. The van der Waals surface area contributed by atoms with Gasteiger partial charge in [0.2, 0.25) is 0 Å². The van der Waals surface area contributed by atoms with Gasteiger partial charge in [0.05, 0.1) is 0 Å². The first-order chi connectivity index (χ1) is 4.87. The lowest BCUT2D eigenvalue weighted by atomic mass is 10.3. The second-order valence-corrected chi connectivity index (χ2v) is 3.55. The van der Waals surface area contributed by atoms with Crippen molar-refractivity contribution in [2.75, 3.05) is 14.1 Å². The molecule has 0 aliphatic heterocycles. The minimum atomic E-state index is -0.537. The molecule has 0 fully saturated rings. The zero-order chi connectivity index (χ0) is 9.07. The lowest BCUT2D eigenvalue weighted by Crippen LogP contribution is -2.44. The molecule has 0 bridgehead atoms. The smallest absolute Gasteiger partial charge is 0.113 e. The van der Waals surface area contributed by atoms with Gasteiger partial charge in [-0.2, -0.15) is 0 Å². The van der Waals surface area contributed by atoms with Gasteiger partial charge in [0.25, 0.3) is 0 Å². The highest BCUT2D eigenvalue weighted by Crippen LogP contribution is 2.09. The summed E-state index contributed by atoms with van der Waals surface area (Å²) in [5, 5.41) is 0. The van der Waals surface area contributed by atoms with Gasteiger partial charge in [-0.05, 0) is 34.4 Å². The van der Waals surface area contributed by atoms with Crippen LogP contribution < -0.4 is 5.73 Å². The molecule has 0 aliphatic rings. The van der Waals surface area contributed by atoms with Crippen LogP contribution in [-0.4, -0.2) is 30.9 Å². The molecule has 0 aromatic heterocycles. The van der Waals surface area contributed by atoms with Gasteiger partial charge in [-0.25, -0.2) is 0 Å². The highest BCUT2D eigenvalue weighted by molar-refractivity contribution is 4.61. The van der Waals surface area contributed by atoms with E-state index in [2.05, 4.69) is 6.92 Å². The Morgan fingerprint density at radius 1 is 1.45 bits per heavy atom. The molecule has 1 unspecified atom stereocenters. The molecule has 68 valence electrons. The highest BCUT2D eigenvalue weighted by atomic mass is 16.5. The molecular formula is C8H20N2O. The van der Waals surface area contributed by atoms with Crippen LogP contribution in [0.1, 0.15) is 27.2 Å². The maximum absolute atomic E-state index is 5.70. The first kappa shape index (κ1) is 10.9. The maximum atomic E-state index is 5.70. The molecule has 0 spiro atoms. The number of nitrogens with two attached hydrogens (primary N) is 1. The molecule has 0 saturated heterocycles. The number of ether oxygens (including phenoxy) is 1. The molecular weight excluding hydrogens is 140 g/mol. The Kier molecular flexibility index (Phi) is 4.00. The average molecular weight is 160 g/mol. The zero-order valence-electron chi connectivity index (χ0n) is 8.22. The van der Waals surface area contributed by atoms with Crippen molar-refractivity contribution in [1.29, 1.82) is 0 Å². The van der Waals surface area contributed by atoms with E-state index in [1.807, 2.05) is 32.8 Å². The summed E-state index contributed by atoms with van der Waals surface area (Å²) in [5.41, 5.74) is 5.16. The molecule has 0 heterocycles. The number of hydrogen-bond donors (Lipinski definition) is 1. The normalized spacial score (nSPS) is 15.5. The van der Waals surface area contributed by atoms with E-state index in [9.17, 15) is 0 Å². The van der Waals surface area contributed by atoms with Gasteiger partial charge in [-0.15, -0.1) is 0 Å². The summed E-state index contributed by atoms with van der Waals surface area (Å²) in [6.45, 7) is 5.80. The minimum absolute atomic E-state index is 0.120. The fraction of sp³-hybridized carbons (Fsp3) is 1.00. The van der Waals surface area contributed by atoms with Crippen molar-refractivity contribution in [3.05, 3.63) is 0 Å². The zero-order valence-corrected chi connectivity index (χ0v) is 8.22. The molecule has 2 N–H and O–H groups in total. The SMILES string of the molecule is CCC(OC(C)(C)N)N(C)C. The van der Waals surface area contributed by atoms with E-state index in [1.54, 1.807) is 0 Å². The Morgan fingerprint density at radius 3 is 2.00 bits per heavy atom. The third-order valence-corrected chi connectivity index (χ3v) is 1.36. The molecule has 3 heteroatoms. The monoisotopic (exact) mass is 160 g/mol. The molecule has 1 atom stereocenters. The topological polar surface area (TPSA) is 38.5 Å². The first-order valence-corrected chi connectivity index (χ1v) is 4.00. The van der Waals surface area contributed by atoms with E-state index in [4.69, 9.17) is 10.5 Å². The molecule has 3 nitrogen and oxygen atoms in total. The average Bonchev–Trinajstić information content (AvgIpc) is 1.80. The van der Waals surface area contributed by atoms with Crippen LogP contribution in [0.3, 0.4) is 0 Å². The second kappa shape index (κ2) is 4.04. The van der Waals surface area contributed by atoms with Crippen molar-refractivity contribution in [3.8, 4) is 0 Å². The van der Waals surface area contributed by atoms with Crippen molar-refractivity contribution >= 4 is 0 Å². The van der Waals surface area contributed by atoms with E-state index in [0.717, 1.165) is 6.42 Å². The Morgan fingerprint density at radius 2 is 1.91 bits per heavy atom. The van der Waals surface area contributed by atoms with Gasteiger partial charge in [0.1, 0.15) is 12.0 Å². The molecule has 0 amide bonds. The molecule has 0 aliphatic carbocycles. The van der Waals surface area contributed by atoms with Crippen LogP contribution in [0, 0.1) is 0 Å². The van der Waals surface area contributed by atoms with Crippen LogP contribution >= 0.6 is 0 Å². The largest absolute Gasteiger partial charge is 0.343 e. The lowest BCUT2D eigenvalue weighted by molar-refractivity contribution is -0.125. The Hall–Kier alpha value is -0.120. The molecule has 11 heavy (non-hydrogen) atoms. The molecule has 0 radical (unpaired) electrons. The van der Waals surface area contributed by atoms with E-state index < -0.39 is 5.72 Å². The van der Waals surface area contributed by atoms with Gasteiger partial charge < -0.3 is 10.5 Å². The first-order valence-electron chi connectivity index (χ1n) is 4.00. The Labute approximate surface area is 69.5 Å². The van der Waals surface area contributed by atoms with Gasteiger partial charge in [0, 0.05) is 0 Å². The number of rotatable bonds is 4. The van der Waals surface area contributed by atoms with Gasteiger partial charge in [0.15, 0.2) is 0 Å². The third-order valence-electron chi connectivity index (χ3n) is 1.36. The fourth-order valence-corrected chi connectivity index (χ4v) is 0.905. The summed E-state index contributed by atoms with van der Waals surface area (Å²) in [7, 11) is 3.97. The number of hydrogen-bond acceptors (Lipinski definition) is 3. The summed E-state index contributed by atoms with van der Waals surface area (Å²) >= 11 is 0. The van der Waals surface area contributed by atoms with Crippen LogP contribution in [0.25, 0.3) is 0 Å². The van der Waals surface area contributed by atoms with Gasteiger partial charge in [-0.3, -0.25) is 4.90 Å². The predicted octanol–water partition coefficient (Wildman–Crippen LogP) is 0.995. The van der Waals surface area contributed by atoms with Crippen molar-refractivity contribution in [3.63, 3.8) is 0 Å². The Balaban J connectivity index is 3.88. The van der Waals surface area contributed by atoms with Crippen LogP contribution in [0.2, 0.25) is 0 Å². The summed E-state index contributed by atoms with van der Waals surface area (Å²) in [6, 6.07) is 0. The van der Waals surface area contributed by atoms with Gasteiger partial charge >= 0.3 is 0 Å². The van der Waals surface area contributed by atoms with Crippen LogP contribution in [0.15, 0.2) is 0 Å². The number of nitrogens with zero attached hydrogens (tertiary/aromatic N) is 1. The summed E-state index contributed by atoms with van der Waals surface area (Å²) in [6.07, 6.45) is 1.07. The van der Waals surface area contributed by atoms with Crippen LogP contribution in [0.4, 0.5) is 0 Å². The van der Waals surface area contributed by atoms with Crippen molar-refractivity contribution < 1.29 is 4.74 Å². The maximum Gasteiger partial charge on any atom is 0.113 e. The molecule has 0 aromatic rings. The van der Waals surface area contributed by atoms with E-state index >= 15 is 0 Å². The van der Waals surface area contributed by atoms with Crippen molar-refractivity contribution in [2.45, 2.75) is 39.1 Å². The molecule has 0 rings (SSSR count). The quantitative estimate of drug-likeness (QED) is 0.623. The summed E-state index contributed by atoms with van der Waals surface area (Å²) < 4.78 is 5.55. The highest BCUT2D eigenvalue weighted by Gasteiger charge is 2.18. The van der Waals surface area contributed by atoms with E-state index in [-0.39, 0.29) is 6.23 Å². The summed E-state index contributed by atoms with van der Waals surface area (Å²) in [5.74, 6) is 0. The van der Waals surface area contributed by atoms with Gasteiger partial charge in [-0.1, -0.05) is 6.92 Å². The van der Waals surface area contributed by atoms with E-state index in [1.165, 1.54) is 0 Å². The third kappa shape index (κ3) is 5.18. The van der Waals surface area contributed by atoms with Crippen molar-refractivity contribution in [1.82, 2.24) is 4.90 Å². The van der Waals surface area contributed by atoms with Crippen LogP contribution in [0.5, 0.6) is 0 Å². The van der Waals surface area contributed by atoms with Crippen molar-refractivity contribution in [2.24, 2.45) is 5.73 Å². The van der Waals surface area contributed by atoms with E-state index in [0.29, 0.717) is 0 Å². The minimum Gasteiger partial charge on any atom is -0.343 e. The molecule has 0 saturated carbocycles. The Bertz CT molecular complexity index is 107. The standard InChI is InChI=1S/C8H20N2O/c1-6-7(10(4)5)11-8(2,3)9/h7H,6,9H2,1-5H3. The second-order valence-electron chi connectivity index (χ2n) is 3.55. The van der Waals surface area contributed by atoms with Crippen LogP contribution in [-0.2, 0) is 4.74 Å². The summed E-state index contributed by atoms with van der Waals surface area (Å²) in [4.78, 5) is 2.02. The lowest BCUT2D eigenvalue weighted by Gasteiger charge is -2.30. The molecule has 0 aromatic carbocycles. The fourth-order valence-electron chi connectivity index (χ4n) is 0.905.